The van der Waals surface area contributed by atoms with Crippen LogP contribution in [0.3, 0.4) is 0 Å². The summed E-state index contributed by atoms with van der Waals surface area (Å²) in [5.74, 6) is 0.0888. The largest absolute Gasteiger partial charge is 0.416 e. The van der Waals surface area contributed by atoms with Crippen molar-refractivity contribution in [2.45, 2.75) is 31.2 Å². The first kappa shape index (κ1) is 22.1. The van der Waals surface area contributed by atoms with E-state index < -0.39 is 17.6 Å². The van der Waals surface area contributed by atoms with Crippen LogP contribution in [-0.4, -0.2) is 31.4 Å². The molecule has 30 heavy (non-hydrogen) atoms. The van der Waals surface area contributed by atoms with Crippen molar-refractivity contribution >= 4 is 35.0 Å². The highest BCUT2D eigenvalue weighted by molar-refractivity contribution is 7.99. The predicted molar refractivity (Wildman–Crippen MR) is 109 cm³/mol. The smallest absolute Gasteiger partial charge is 0.324 e. The zero-order valence-electron chi connectivity index (χ0n) is 15.8. The minimum atomic E-state index is -4.53. The molecule has 0 radical (unpaired) electrons. The van der Waals surface area contributed by atoms with Gasteiger partial charge in [-0.05, 0) is 36.8 Å². The van der Waals surface area contributed by atoms with Crippen molar-refractivity contribution in [3.8, 4) is 11.4 Å². The lowest BCUT2D eigenvalue weighted by molar-refractivity contribution is -0.137. The van der Waals surface area contributed by atoms with Crippen LogP contribution in [0.25, 0.3) is 11.4 Å². The summed E-state index contributed by atoms with van der Waals surface area (Å²) in [4.78, 5) is 16.3. The zero-order chi connectivity index (χ0) is 21.7. The Bertz CT molecular complexity index is 1030. The molecule has 0 aliphatic rings. The third-order valence-corrected chi connectivity index (χ3v) is 5.30. The predicted octanol–water partition coefficient (Wildman–Crippen LogP) is 5.15. The number of hydrogen-bond acceptors (Lipinski definition) is 5. The van der Waals surface area contributed by atoms with Crippen molar-refractivity contribution in [1.29, 1.82) is 0 Å². The summed E-state index contributed by atoms with van der Waals surface area (Å²) in [6, 6.07) is 6.40. The summed E-state index contributed by atoms with van der Waals surface area (Å²) in [5, 5.41) is 11.3. The number of halogens is 4. The summed E-state index contributed by atoms with van der Waals surface area (Å²) >= 11 is 7.07. The van der Waals surface area contributed by atoms with E-state index in [-0.39, 0.29) is 16.5 Å². The van der Waals surface area contributed by atoms with Crippen LogP contribution in [0.2, 0.25) is 5.02 Å². The van der Waals surface area contributed by atoms with E-state index in [1.807, 2.05) is 23.6 Å². The SMILES string of the molecule is CCCn1c(SCC(=O)Nc2cc(C(F)(F)F)ccc2Cl)nnc1-c1ccncc1. The Morgan fingerprint density at radius 1 is 1.20 bits per heavy atom. The number of rotatable bonds is 7. The Labute approximate surface area is 179 Å². The molecule has 0 saturated carbocycles. The first-order valence-corrected chi connectivity index (χ1v) is 10.3. The monoisotopic (exact) mass is 455 g/mol. The van der Waals surface area contributed by atoms with E-state index in [2.05, 4.69) is 20.5 Å². The van der Waals surface area contributed by atoms with Crippen LogP contribution in [0, 0.1) is 0 Å². The van der Waals surface area contributed by atoms with Gasteiger partial charge in [0.25, 0.3) is 0 Å². The van der Waals surface area contributed by atoms with Gasteiger partial charge in [-0.1, -0.05) is 30.3 Å². The molecule has 0 unspecified atom stereocenters. The van der Waals surface area contributed by atoms with Crippen molar-refractivity contribution in [2.24, 2.45) is 0 Å². The molecule has 3 rings (SSSR count). The second kappa shape index (κ2) is 9.48. The maximum Gasteiger partial charge on any atom is 0.416 e. The van der Waals surface area contributed by atoms with Gasteiger partial charge in [-0.25, -0.2) is 0 Å². The highest BCUT2D eigenvalue weighted by atomic mass is 35.5. The van der Waals surface area contributed by atoms with E-state index in [1.54, 1.807) is 12.4 Å². The van der Waals surface area contributed by atoms with Crippen LogP contribution in [-0.2, 0) is 17.5 Å². The molecule has 0 fully saturated rings. The topological polar surface area (TPSA) is 72.7 Å². The number of benzene rings is 1. The normalized spacial score (nSPS) is 11.5. The highest BCUT2D eigenvalue weighted by Gasteiger charge is 2.31. The van der Waals surface area contributed by atoms with E-state index >= 15 is 0 Å². The second-order valence-electron chi connectivity index (χ2n) is 6.22. The second-order valence-corrected chi connectivity index (χ2v) is 7.57. The molecule has 0 atom stereocenters. The highest BCUT2D eigenvalue weighted by Crippen LogP contribution is 2.34. The van der Waals surface area contributed by atoms with Crippen LogP contribution < -0.4 is 5.32 Å². The molecule has 0 spiro atoms. The number of nitrogens with one attached hydrogen (secondary N) is 1. The van der Waals surface area contributed by atoms with Gasteiger partial charge in [0.1, 0.15) is 0 Å². The average Bonchev–Trinajstić information content (AvgIpc) is 3.11. The van der Waals surface area contributed by atoms with E-state index in [0.29, 0.717) is 17.5 Å². The minimum absolute atomic E-state index is 0.0236. The van der Waals surface area contributed by atoms with Gasteiger partial charge in [0, 0.05) is 24.5 Å². The van der Waals surface area contributed by atoms with Crippen molar-refractivity contribution in [2.75, 3.05) is 11.1 Å². The Kier molecular flexibility index (Phi) is 6.99. The summed E-state index contributed by atoms with van der Waals surface area (Å²) in [6.07, 6.45) is -0.396. The summed E-state index contributed by atoms with van der Waals surface area (Å²) in [5.41, 5.74) is -0.137. The maximum absolute atomic E-state index is 12.9. The van der Waals surface area contributed by atoms with Gasteiger partial charge in [-0.15, -0.1) is 10.2 Å². The quantitative estimate of drug-likeness (QED) is 0.498. The third-order valence-electron chi connectivity index (χ3n) is 4.00. The van der Waals surface area contributed by atoms with Gasteiger partial charge in [0.2, 0.25) is 5.91 Å². The standard InChI is InChI=1S/C19H17ClF3N5OS/c1-2-9-28-17(12-5-7-24-8-6-12)26-27-18(28)30-11-16(29)25-15-10-13(19(21,22)23)3-4-14(15)20/h3-8,10H,2,9,11H2,1H3,(H,25,29). The lowest BCUT2D eigenvalue weighted by Gasteiger charge is -2.12. The Hall–Kier alpha value is -2.59. The molecule has 158 valence electrons. The fraction of sp³-hybridized carbons (Fsp3) is 0.263. The first-order chi connectivity index (χ1) is 14.3. The molecule has 6 nitrogen and oxygen atoms in total. The van der Waals surface area contributed by atoms with Crippen LogP contribution in [0.15, 0.2) is 47.9 Å². The van der Waals surface area contributed by atoms with Crippen LogP contribution in [0.1, 0.15) is 18.9 Å². The molecule has 0 aliphatic carbocycles. The fourth-order valence-corrected chi connectivity index (χ4v) is 3.58. The van der Waals surface area contributed by atoms with E-state index in [9.17, 15) is 18.0 Å². The van der Waals surface area contributed by atoms with Crippen molar-refractivity contribution < 1.29 is 18.0 Å². The van der Waals surface area contributed by atoms with Gasteiger partial charge in [-0.2, -0.15) is 13.2 Å². The van der Waals surface area contributed by atoms with Gasteiger partial charge in [-0.3, -0.25) is 9.78 Å². The average molecular weight is 456 g/mol. The molecule has 1 amide bonds. The number of aromatic nitrogens is 4. The number of pyridine rings is 1. The van der Waals surface area contributed by atoms with E-state index in [0.717, 1.165) is 41.9 Å². The van der Waals surface area contributed by atoms with E-state index in [4.69, 9.17) is 11.6 Å². The van der Waals surface area contributed by atoms with Gasteiger partial charge in [0.15, 0.2) is 11.0 Å². The van der Waals surface area contributed by atoms with E-state index in [1.165, 1.54) is 0 Å². The van der Waals surface area contributed by atoms with Crippen molar-refractivity contribution in [1.82, 2.24) is 19.7 Å². The Morgan fingerprint density at radius 2 is 1.93 bits per heavy atom. The Morgan fingerprint density at radius 3 is 2.60 bits per heavy atom. The number of alkyl halides is 3. The fourth-order valence-electron chi connectivity index (χ4n) is 2.65. The molecule has 3 aromatic rings. The number of thioether (sulfide) groups is 1. The molecule has 11 heteroatoms. The molecule has 0 aliphatic heterocycles. The molecule has 0 bridgehead atoms. The summed E-state index contributed by atoms with van der Waals surface area (Å²) < 4.78 is 40.5. The number of carbonyl (C=O) groups excluding carboxylic acids is 1. The molecular formula is C19H17ClF3N5OS. The van der Waals surface area contributed by atoms with Gasteiger partial charge < -0.3 is 9.88 Å². The zero-order valence-corrected chi connectivity index (χ0v) is 17.4. The van der Waals surface area contributed by atoms with Crippen LogP contribution in [0.4, 0.5) is 18.9 Å². The minimum Gasteiger partial charge on any atom is -0.324 e. The number of carbonyl (C=O) groups is 1. The molecule has 0 saturated heterocycles. The van der Waals surface area contributed by atoms with Crippen molar-refractivity contribution in [3.63, 3.8) is 0 Å². The summed E-state index contributed by atoms with van der Waals surface area (Å²) in [7, 11) is 0. The lowest BCUT2D eigenvalue weighted by Crippen LogP contribution is -2.16. The summed E-state index contributed by atoms with van der Waals surface area (Å²) in [6.45, 7) is 2.65. The Balaban J connectivity index is 1.72. The van der Waals surface area contributed by atoms with Crippen molar-refractivity contribution in [3.05, 3.63) is 53.3 Å². The number of amides is 1. The maximum atomic E-state index is 12.9. The van der Waals surface area contributed by atoms with Crippen LogP contribution in [0.5, 0.6) is 0 Å². The van der Waals surface area contributed by atoms with Crippen LogP contribution >= 0.6 is 23.4 Å². The lowest BCUT2D eigenvalue weighted by atomic mass is 10.2. The first-order valence-electron chi connectivity index (χ1n) is 8.92. The molecule has 1 N–H and O–H groups in total. The molecule has 2 aromatic heterocycles. The molecule has 1 aromatic carbocycles. The number of hydrogen-bond donors (Lipinski definition) is 1. The number of anilines is 1. The van der Waals surface area contributed by atoms with Gasteiger partial charge in [0.05, 0.1) is 22.0 Å². The molecule has 2 heterocycles. The number of nitrogens with zero attached hydrogens (tertiary/aromatic N) is 4. The van der Waals surface area contributed by atoms with Gasteiger partial charge >= 0.3 is 6.18 Å². The molecular weight excluding hydrogens is 439 g/mol. The third kappa shape index (κ3) is 5.31.